The van der Waals surface area contributed by atoms with Crippen LogP contribution in [0, 0.1) is 11.8 Å². The molecule has 1 aliphatic rings. The van der Waals surface area contributed by atoms with Crippen LogP contribution in [-0.2, 0) is 0 Å². The van der Waals surface area contributed by atoms with Crippen molar-refractivity contribution in [1.29, 1.82) is 0 Å². The topological polar surface area (TPSA) is 25.4 Å². The summed E-state index contributed by atoms with van der Waals surface area (Å²) in [5.41, 5.74) is 0.953. The molecule has 114 valence electrons. The molecule has 1 aromatic heterocycles. The van der Waals surface area contributed by atoms with Gasteiger partial charge < -0.3 is 9.64 Å². The van der Waals surface area contributed by atoms with Crippen LogP contribution in [0.3, 0.4) is 0 Å². The minimum atomic E-state index is 0.286. The zero-order chi connectivity index (χ0) is 14.9. The Morgan fingerprint density at radius 1 is 1.33 bits per heavy atom. The van der Waals surface area contributed by atoms with Crippen molar-refractivity contribution in [3.8, 4) is 17.6 Å². The Balaban J connectivity index is 1.81. The minimum absolute atomic E-state index is 0.286. The Morgan fingerprint density at radius 2 is 2.24 bits per heavy atom. The maximum atomic E-state index is 5.97. The molecule has 1 aliphatic heterocycles. The van der Waals surface area contributed by atoms with Crippen molar-refractivity contribution in [3.05, 3.63) is 24.0 Å². The molecule has 0 N–H and O–H groups in total. The number of hydrogen-bond donors (Lipinski definition) is 0. The Hall–Kier alpha value is -1.53. The second kappa shape index (κ2) is 8.69. The van der Waals surface area contributed by atoms with Gasteiger partial charge in [-0.1, -0.05) is 38.0 Å². The number of likely N-dealkylation sites (tertiary alicyclic amines) is 1. The van der Waals surface area contributed by atoms with E-state index in [-0.39, 0.29) is 6.10 Å². The first-order valence-corrected chi connectivity index (χ1v) is 8.07. The molecule has 3 nitrogen and oxygen atoms in total. The molecule has 0 radical (unpaired) electrons. The molecule has 1 atom stereocenters. The lowest BCUT2D eigenvalue weighted by molar-refractivity contribution is 0.207. The highest BCUT2D eigenvalue weighted by atomic mass is 16.5. The normalized spacial score (nSPS) is 18.3. The van der Waals surface area contributed by atoms with Crippen LogP contribution in [0.4, 0.5) is 0 Å². The van der Waals surface area contributed by atoms with Gasteiger partial charge in [-0.2, -0.15) is 0 Å². The summed E-state index contributed by atoms with van der Waals surface area (Å²) < 4.78 is 5.97. The number of unbranched alkanes of at least 4 members (excludes halogenated alkanes) is 4. The van der Waals surface area contributed by atoms with Gasteiger partial charge in [0, 0.05) is 31.3 Å². The summed E-state index contributed by atoms with van der Waals surface area (Å²) in [6.45, 7) is 4.33. The third kappa shape index (κ3) is 5.77. The molecule has 0 unspecified atom stereocenters. The second-order valence-corrected chi connectivity index (χ2v) is 5.81. The van der Waals surface area contributed by atoms with Gasteiger partial charge in [0.05, 0.1) is 6.20 Å². The fraction of sp³-hybridized carbons (Fsp3) is 0.611. The van der Waals surface area contributed by atoms with Crippen LogP contribution in [-0.4, -0.2) is 36.1 Å². The smallest absolute Gasteiger partial charge is 0.139 e. The SMILES string of the molecule is CCCCCCC#Cc1cncc(O[C@H]2CCN(C)C2)c1. The minimum Gasteiger partial charge on any atom is -0.487 e. The lowest BCUT2D eigenvalue weighted by Crippen LogP contribution is -2.21. The van der Waals surface area contributed by atoms with Crippen molar-refractivity contribution in [1.82, 2.24) is 9.88 Å². The molecule has 0 aromatic carbocycles. The molecule has 2 rings (SSSR count). The number of likely N-dealkylation sites (N-methyl/N-ethyl adjacent to an activating group) is 1. The first kappa shape index (κ1) is 15.9. The molecule has 21 heavy (non-hydrogen) atoms. The van der Waals surface area contributed by atoms with Gasteiger partial charge in [0.25, 0.3) is 0 Å². The maximum Gasteiger partial charge on any atom is 0.139 e. The van der Waals surface area contributed by atoms with E-state index in [0.717, 1.165) is 37.2 Å². The number of nitrogens with zero attached hydrogens (tertiary/aromatic N) is 2. The third-order valence-corrected chi connectivity index (χ3v) is 3.75. The van der Waals surface area contributed by atoms with Gasteiger partial charge in [-0.05, 0) is 26.0 Å². The quantitative estimate of drug-likeness (QED) is 0.591. The number of pyridine rings is 1. The van der Waals surface area contributed by atoms with Crippen LogP contribution < -0.4 is 4.74 Å². The first-order chi connectivity index (χ1) is 10.3. The molecule has 0 aliphatic carbocycles. The number of ether oxygens (including phenoxy) is 1. The molecule has 3 heteroatoms. The van der Waals surface area contributed by atoms with E-state index in [4.69, 9.17) is 4.74 Å². The molecule has 1 aromatic rings. The Bertz CT molecular complexity index is 489. The zero-order valence-electron chi connectivity index (χ0n) is 13.3. The average Bonchev–Trinajstić information content (AvgIpc) is 2.88. The molecular formula is C18H26N2O. The van der Waals surface area contributed by atoms with Crippen LogP contribution in [0.15, 0.2) is 18.5 Å². The van der Waals surface area contributed by atoms with Crippen LogP contribution in [0.1, 0.15) is 51.0 Å². The lowest BCUT2D eigenvalue weighted by atomic mass is 10.1. The predicted octanol–water partition coefficient (Wildman–Crippen LogP) is 3.49. The van der Waals surface area contributed by atoms with Crippen LogP contribution in [0.2, 0.25) is 0 Å². The molecule has 0 bridgehead atoms. The van der Waals surface area contributed by atoms with Crippen molar-refractivity contribution in [2.75, 3.05) is 20.1 Å². The molecule has 0 spiro atoms. The van der Waals surface area contributed by atoms with E-state index >= 15 is 0 Å². The van der Waals surface area contributed by atoms with Crippen molar-refractivity contribution >= 4 is 0 Å². The average molecular weight is 286 g/mol. The van der Waals surface area contributed by atoms with Gasteiger partial charge in [0.2, 0.25) is 0 Å². The monoisotopic (exact) mass is 286 g/mol. The summed E-state index contributed by atoms with van der Waals surface area (Å²) in [6, 6.07) is 2.00. The van der Waals surface area contributed by atoms with Gasteiger partial charge in [0.1, 0.15) is 11.9 Å². The standard InChI is InChI=1S/C18H26N2O/c1-3-4-5-6-7-8-9-16-12-18(14-19-13-16)21-17-10-11-20(2)15-17/h12-14,17H,3-7,10-11,15H2,1-2H3/t17-/m0/s1. The Labute approximate surface area is 128 Å². The second-order valence-electron chi connectivity index (χ2n) is 5.81. The van der Waals surface area contributed by atoms with Gasteiger partial charge in [-0.3, -0.25) is 4.98 Å². The Kier molecular flexibility index (Phi) is 6.56. The number of hydrogen-bond acceptors (Lipinski definition) is 3. The van der Waals surface area contributed by atoms with E-state index in [1.165, 1.54) is 25.7 Å². The lowest BCUT2D eigenvalue weighted by Gasteiger charge is -2.13. The Morgan fingerprint density at radius 3 is 3.00 bits per heavy atom. The highest BCUT2D eigenvalue weighted by molar-refractivity contribution is 5.36. The van der Waals surface area contributed by atoms with E-state index < -0.39 is 0 Å². The fourth-order valence-corrected chi connectivity index (χ4v) is 2.54. The van der Waals surface area contributed by atoms with Crippen molar-refractivity contribution < 1.29 is 4.74 Å². The fourth-order valence-electron chi connectivity index (χ4n) is 2.54. The summed E-state index contributed by atoms with van der Waals surface area (Å²) in [6.07, 6.45) is 11.0. The van der Waals surface area contributed by atoms with Gasteiger partial charge in [0.15, 0.2) is 0 Å². The van der Waals surface area contributed by atoms with Gasteiger partial charge >= 0.3 is 0 Å². The summed E-state index contributed by atoms with van der Waals surface area (Å²) in [7, 11) is 2.13. The largest absolute Gasteiger partial charge is 0.487 e. The van der Waals surface area contributed by atoms with E-state index in [1.807, 2.05) is 12.3 Å². The highest BCUT2D eigenvalue weighted by Gasteiger charge is 2.20. The predicted molar refractivity (Wildman–Crippen MR) is 86.4 cm³/mol. The first-order valence-electron chi connectivity index (χ1n) is 8.07. The van der Waals surface area contributed by atoms with Crippen molar-refractivity contribution in [3.63, 3.8) is 0 Å². The zero-order valence-corrected chi connectivity index (χ0v) is 13.3. The van der Waals surface area contributed by atoms with E-state index in [0.29, 0.717) is 0 Å². The molecule has 1 fully saturated rings. The summed E-state index contributed by atoms with van der Waals surface area (Å²) in [5.74, 6) is 7.27. The van der Waals surface area contributed by atoms with Gasteiger partial charge in [-0.25, -0.2) is 0 Å². The van der Waals surface area contributed by atoms with Gasteiger partial charge in [-0.15, -0.1) is 0 Å². The van der Waals surface area contributed by atoms with Crippen LogP contribution >= 0.6 is 0 Å². The summed E-state index contributed by atoms with van der Waals surface area (Å²) in [4.78, 5) is 6.52. The molecule has 0 amide bonds. The molecule has 0 saturated carbocycles. The third-order valence-electron chi connectivity index (χ3n) is 3.75. The van der Waals surface area contributed by atoms with Crippen molar-refractivity contribution in [2.24, 2.45) is 0 Å². The molecule has 1 saturated heterocycles. The molecular weight excluding hydrogens is 260 g/mol. The summed E-state index contributed by atoms with van der Waals surface area (Å²) in [5, 5.41) is 0. The summed E-state index contributed by atoms with van der Waals surface area (Å²) >= 11 is 0. The number of rotatable bonds is 6. The number of aromatic nitrogens is 1. The van der Waals surface area contributed by atoms with E-state index in [9.17, 15) is 0 Å². The van der Waals surface area contributed by atoms with E-state index in [1.54, 1.807) is 6.20 Å². The molecule has 2 heterocycles. The van der Waals surface area contributed by atoms with Crippen molar-refractivity contribution in [2.45, 2.75) is 51.6 Å². The maximum absolute atomic E-state index is 5.97. The highest BCUT2D eigenvalue weighted by Crippen LogP contribution is 2.17. The van der Waals surface area contributed by atoms with Crippen LogP contribution in [0.25, 0.3) is 0 Å². The van der Waals surface area contributed by atoms with E-state index in [2.05, 4.69) is 35.7 Å². The van der Waals surface area contributed by atoms with Crippen LogP contribution in [0.5, 0.6) is 5.75 Å².